The highest BCUT2D eigenvalue weighted by Gasteiger charge is 2.19. The molecule has 0 saturated heterocycles. The summed E-state index contributed by atoms with van der Waals surface area (Å²) in [5, 5.41) is 2.75. The lowest BCUT2D eigenvalue weighted by molar-refractivity contribution is -0.115. The first-order valence-corrected chi connectivity index (χ1v) is 6.66. The van der Waals surface area contributed by atoms with Gasteiger partial charge in [0.15, 0.2) is 5.78 Å². The van der Waals surface area contributed by atoms with E-state index in [1.165, 1.54) is 0 Å². The van der Waals surface area contributed by atoms with Gasteiger partial charge in [-0.1, -0.05) is 15.9 Å². The Balaban J connectivity index is 1.95. The smallest absolute Gasteiger partial charge is 0.228 e. The van der Waals surface area contributed by atoms with Crippen molar-refractivity contribution in [3.63, 3.8) is 0 Å². The Morgan fingerprint density at radius 1 is 1.05 bits per heavy atom. The van der Waals surface area contributed by atoms with Crippen LogP contribution in [-0.4, -0.2) is 11.7 Å². The molecule has 4 heteroatoms. The van der Waals surface area contributed by atoms with E-state index in [1.807, 2.05) is 12.1 Å². The zero-order chi connectivity index (χ0) is 13.4. The largest absolute Gasteiger partial charge is 0.326 e. The predicted molar refractivity (Wildman–Crippen MR) is 76.4 cm³/mol. The van der Waals surface area contributed by atoms with E-state index in [0.29, 0.717) is 17.5 Å². The Labute approximate surface area is 118 Å². The van der Waals surface area contributed by atoms with Crippen LogP contribution < -0.4 is 5.32 Å². The summed E-state index contributed by atoms with van der Waals surface area (Å²) in [5.74, 6) is -0.0575. The number of rotatable bonds is 2. The minimum absolute atomic E-state index is 0.0248. The standard InChI is InChI=1S/C15H10BrNO2/c16-12-4-1-9(2-5-12)15(19)10-3-6-13-11(7-10)8-14(18)17-13/h1-7H,8H2,(H,17,18). The van der Waals surface area contributed by atoms with Gasteiger partial charge < -0.3 is 5.32 Å². The van der Waals surface area contributed by atoms with Crippen LogP contribution in [0.25, 0.3) is 0 Å². The van der Waals surface area contributed by atoms with Gasteiger partial charge >= 0.3 is 0 Å². The molecule has 0 radical (unpaired) electrons. The second-order valence-electron chi connectivity index (χ2n) is 4.43. The number of hydrogen-bond acceptors (Lipinski definition) is 2. The summed E-state index contributed by atoms with van der Waals surface area (Å²) < 4.78 is 0.938. The monoisotopic (exact) mass is 315 g/mol. The summed E-state index contributed by atoms with van der Waals surface area (Å²) in [7, 11) is 0. The van der Waals surface area contributed by atoms with Gasteiger partial charge in [-0.25, -0.2) is 0 Å². The number of carbonyl (C=O) groups is 2. The summed E-state index contributed by atoms with van der Waals surface area (Å²) in [6.45, 7) is 0. The lowest BCUT2D eigenvalue weighted by atomic mass is 10.0. The lowest BCUT2D eigenvalue weighted by Gasteiger charge is -2.04. The van der Waals surface area contributed by atoms with Gasteiger partial charge in [0.25, 0.3) is 0 Å². The highest BCUT2D eigenvalue weighted by atomic mass is 79.9. The zero-order valence-electron chi connectivity index (χ0n) is 9.94. The second kappa shape index (κ2) is 4.63. The van der Waals surface area contributed by atoms with E-state index in [1.54, 1.807) is 30.3 Å². The molecule has 1 amide bonds. The molecule has 0 saturated carbocycles. The van der Waals surface area contributed by atoms with Crippen molar-refractivity contribution in [2.75, 3.05) is 5.32 Å². The normalized spacial score (nSPS) is 13.0. The number of hydrogen-bond donors (Lipinski definition) is 1. The quantitative estimate of drug-likeness (QED) is 0.865. The minimum Gasteiger partial charge on any atom is -0.326 e. The number of anilines is 1. The maximum Gasteiger partial charge on any atom is 0.228 e. The number of nitrogens with one attached hydrogen (secondary N) is 1. The highest BCUT2D eigenvalue weighted by molar-refractivity contribution is 9.10. The number of carbonyl (C=O) groups excluding carboxylic acids is 2. The van der Waals surface area contributed by atoms with Crippen molar-refractivity contribution in [2.24, 2.45) is 0 Å². The molecule has 1 aliphatic heterocycles. The van der Waals surface area contributed by atoms with E-state index >= 15 is 0 Å². The summed E-state index contributed by atoms with van der Waals surface area (Å²) in [5.41, 5.74) is 2.93. The Bertz CT molecular complexity index is 677. The van der Waals surface area contributed by atoms with E-state index in [0.717, 1.165) is 15.7 Å². The molecule has 3 rings (SSSR count). The lowest BCUT2D eigenvalue weighted by Crippen LogP contribution is -2.03. The van der Waals surface area contributed by atoms with Gasteiger partial charge in [-0.15, -0.1) is 0 Å². The number of benzene rings is 2. The molecule has 1 N–H and O–H groups in total. The van der Waals surface area contributed by atoms with Crippen molar-refractivity contribution in [1.29, 1.82) is 0 Å². The van der Waals surface area contributed by atoms with Gasteiger partial charge in [-0.05, 0) is 48.0 Å². The molecule has 1 heterocycles. The SMILES string of the molecule is O=C1Cc2cc(C(=O)c3ccc(Br)cc3)ccc2N1. The van der Waals surface area contributed by atoms with Crippen LogP contribution in [0.4, 0.5) is 5.69 Å². The predicted octanol–water partition coefficient (Wildman–Crippen LogP) is 3.17. The van der Waals surface area contributed by atoms with Crippen molar-refractivity contribution in [3.05, 3.63) is 63.6 Å². The Kier molecular flexibility index (Phi) is 2.95. The van der Waals surface area contributed by atoms with Crippen molar-refractivity contribution < 1.29 is 9.59 Å². The molecule has 19 heavy (non-hydrogen) atoms. The average molecular weight is 316 g/mol. The van der Waals surface area contributed by atoms with E-state index < -0.39 is 0 Å². The van der Waals surface area contributed by atoms with Gasteiger partial charge in [0.2, 0.25) is 5.91 Å². The molecule has 94 valence electrons. The Morgan fingerprint density at radius 3 is 2.47 bits per heavy atom. The Morgan fingerprint density at radius 2 is 1.74 bits per heavy atom. The van der Waals surface area contributed by atoms with Crippen molar-refractivity contribution >= 4 is 33.3 Å². The first-order valence-electron chi connectivity index (χ1n) is 5.86. The molecule has 0 fully saturated rings. The number of fused-ring (bicyclic) bond motifs is 1. The maximum atomic E-state index is 12.3. The molecular formula is C15H10BrNO2. The summed E-state index contributed by atoms with van der Waals surface area (Å²) in [6, 6.07) is 12.6. The van der Waals surface area contributed by atoms with Crippen LogP contribution in [0.3, 0.4) is 0 Å². The van der Waals surface area contributed by atoms with Gasteiger partial charge in [0.1, 0.15) is 0 Å². The molecule has 0 unspecified atom stereocenters. The fourth-order valence-corrected chi connectivity index (χ4v) is 2.40. The average Bonchev–Trinajstić information content (AvgIpc) is 2.77. The van der Waals surface area contributed by atoms with Crippen molar-refractivity contribution in [2.45, 2.75) is 6.42 Å². The minimum atomic E-state index is -0.0327. The van der Waals surface area contributed by atoms with Crippen molar-refractivity contribution in [3.8, 4) is 0 Å². The third-order valence-electron chi connectivity index (χ3n) is 3.10. The maximum absolute atomic E-state index is 12.3. The highest BCUT2D eigenvalue weighted by Crippen LogP contribution is 2.25. The summed E-state index contributed by atoms with van der Waals surface area (Å²) >= 11 is 3.34. The third-order valence-corrected chi connectivity index (χ3v) is 3.63. The van der Waals surface area contributed by atoms with Crippen LogP contribution in [0.5, 0.6) is 0 Å². The van der Waals surface area contributed by atoms with Gasteiger partial charge in [0.05, 0.1) is 6.42 Å². The molecule has 3 nitrogen and oxygen atoms in total. The van der Waals surface area contributed by atoms with Crippen LogP contribution in [0, 0.1) is 0 Å². The van der Waals surface area contributed by atoms with Crippen LogP contribution in [0.2, 0.25) is 0 Å². The summed E-state index contributed by atoms with van der Waals surface area (Å²) in [6.07, 6.45) is 0.344. The van der Waals surface area contributed by atoms with Crippen LogP contribution in [0.1, 0.15) is 21.5 Å². The molecule has 1 aliphatic rings. The second-order valence-corrected chi connectivity index (χ2v) is 5.35. The number of amides is 1. The van der Waals surface area contributed by atoms with E-state index in [2.05, 4.69) is 21.2 Å². The zero-order valence-corrected chi connectivity index (χ0v) is 11.5. The topological polar surface area (TPSA) is 46.2 Å². The van der Waals surface area contributed by atoms with Gasteiger partial charge in [-0.3, -0.25) is 9.59 Å². The first kappa shape index (κ1) is 12.1. The Hall–Kier alpha value is -1.94. The molecular weight excluding hydrogens is 306 g/mol. The molecule has 2 aromatic rings. The molecule has 2 aromatic carbocycles. The number of ketones is 1. The fourth-order valence-electron chi connectivity index (χ4n) is 2.14. The van der Waals surface area contributed by atoms with Crippen molar-refractivity contribution in [1.82, 2.24) is 0 Å². The molecule has 0 aliphatic carbocycles. The van der Waals surface area contributed by atoms with Gasteiger partial charge in [-0.2, -0.15) is 0 Å². The van der Waals surface area contributed by atoms with Crippen LogP contribution >= 0.6 is 15.9 Å². The van der Waals surface area contributed by atoms with Crippen LogP contribution in [0.15, 0.2) is 46.9 Å². The molecule has 0 bridgehead atoms. The summed E-state index contributed by atoms with van der Waals surface area (Å²) in [4.78, 5) is 23.6. The van der Waals surface area contributed by atoms with E-state index in [9.17, 15) is 9.59 Å². The third kappa shape index (κ3) is 2.31. The molecule has 0 aromatic heterocycles. The van der Waals surface area contributed by atoms with E-state index in [-0.39, 0.29) is 11.7 Å². The molecule has 0 atom stereocenters. The van der Waals surface area contributed by atoms with Gasteiger partial charge in [0, 0.05) is 21.3 Å². The number of halogens is 1. The fraction of sp³-hybridized carbons (Fsp3) is 0.0667. The molecule has 0 spiro atoms. The first-order chi connectivity index (χ1) is 9.13. The van der Waals surface area contributed by atoms with E-state index in [4.69, 9.17) is 0 Å². The van der Waals surface area contributed by atoms with Crippen LogP contribution in [-0.2, 0) is 11.2 Å².